The molecule has 2 aromatic carbocycles. The van der Waals surface area contributed by atoms with Crippen LogP contribution >= 0.6 is 34.8 Å². The molecule has 0 unspecified atom stereocenters. The van der Waals surface area contributed by atoms with E-state index in [0.29, 0.717) is 13.0 Å². The van der Waals surface area contributed by atoms with E-state index < -0.39 is 28.5 Å². The third kappa shape index (κ3) is 8.56. The van der Waals surface area contributed by atoms with Gasteiger partial charge in [-0.3, -0.25) is 13.9 Å². The highest BCUT2D eigenvalue weighted by Crippen LogP contribution is 2.35. The molecule has 0 aliphatic carbocycles. The van der Waals surface area contributed by atoms with Gasteiger partial charge in [0.1, 0.15) is 12.6 Å². The highest BCUT2D eigenvalue weighted by molar-refractivity contribution is 7.92. The maximum Gasteiger partial charge on any atom is 0.244 e. The average Bonchev–Trinajstić information content (AvgIpc) is 2.80. The van der Waals surface area contributed by atoms with Crippen LogP contribution in [0.5, 0.6) is 0 Å². The predicted molar refractivity (Wildman–Crippen MR) is 143 cm³/mol. The van der Waals surface area contributed by atoms with Gasteiger partial charge in [0.25, 0.3) is 0 Å². The van der Waals surface area contributed by atoms with E-state index in [1.807, 2.05) is 37.3 Å². The van der Waals surface area contributed by atoms with Crippen LogP contribution in [0.3, 0.4) is 0 Å². The second-order valence-corrected chi connectivity index (χ2v) is 11.3. The predicted octanol–water partition coefficient (Wildman–Crippen LogP) is 4.79. The van der Waals surface area contributed by atoms with Crippen LogP contribution in [0.2, 0.25) is 15.1 Å². The molecule has 0 radical (unpaired) electrons. The Morgan fingerprint density at radius 1 is 1.03 bits per heavy atom. The summed E-state index contributed by atoms with van der Waals surface area (Å²) in [5.41, 5.74) is 1.01. The number of amides is 2. The monoisotopic (exact) mass is 561 g/mol. The number of carbonyl (C=O) groups excluding carboxylic acids is 2. The summed E-state index contributed by atoms with van der Waals surface area (Å²) in [4.78, 5) is 27.6. The highest BCUT2D eigenvalue weighted by Gasteiger charge is 2.30. The lowest BCUT2D eigenvalue weighted by molar-refractivity contribution is -0.138. The quantitative estimate of drug-likeness (QED) is 0.298. The van der Waals surface area contributed by atoms with Gasteiger partial charge < -0.3 is 10.2 Å². The lowest BCUT2D eigenvalue weighted by Gasteiger charge is -2.31. The van der Waals surface area contributed by atoms with Crippen LogP contribution in [-0.4, -0.2) is 57.1 Å². The van der Waals surface area contributed by atoms with Gasteiger partial charge in [-0.25, -0.2) is 8.42 Å². The van der Waals surface area contributed by atoms with Crippen LogP contribution in [0.25, 0.3) is 0 Å². The maximum atomic E-state index is 13.5. The van der Waals surface area contributed by atoms with Gasteiger partial charge in [-0.2, -0.15) is 0 Å². The number of nitrogens with one attached hydrogen (secondary N) is 1. The number of nitrogens with zero attached hydrogens (tertiary/aromatic N) is 2. The van der Waals surface area contributed by atoms with Crippen LogP contribution in [0, 0.1) is 0 Å². The molecule has 2 aromatic rings. The third-order valence-electron chi connectivity index (χ3n) is 5.42. The van der Waals surface area contributed by atoms with Gasteiger partial charge in [0.2, 0.25) is 21.8 Å². The summed E-state index contributed by atoms with van der Waals surface area (Å²) in [5, 5.41) is 3.11. The fourth-order valence-corrected chi connectivity index (χ4v) is 4.95. The molecule has 192 valence electrons. The fourth-order valence-electron chi connectivity index (χ4n) is 3.40. The van der Waals surface area contributed by atoms with Crippen molar-refractivity contribution in [2.75, 3.05) is 30.2 Å². The lowest BCUT2D eigenvalue weighted by Crippen LogP contribution is -2.52. The normalized spacial score (nSPS) is 12.2. The van der Waals surface area contributed by atoms with E-state index in [2.05, 4.69) is 5.32 Å². The van der Waals surface area contributed by atoms with Crippen molar-refractivity contribution in [2.45, 2.75) is 39.2 Å². The van der Waals surface area contributed by atoms with Crippen LogP contribution < -0.4 is 9.62 Å². The molecular formula is C24H30Cl3N3O4S. The van der Waals surface area contributed by atoms with Gasteiger partial charge >= 0.3 is 0 Å². The Kier molecular flexibility index (Phi) is 11.1. The second kappa shape index (κ2) is 13.3. The molecule has 0 spiro atoms. The molecule has 2 amide bonds. The molecule has 11 heteroatoms. The number of unbranched alkanes of at least 4 members (excludes halogenated alkanes) is 1. The molecule has 0 aromatic heterocycles. The minimum absolute atomic E-state index is 0.0267. The van der Waals surface area contributed by atoms with Crippen molar-refractivity contribution in [2.24, 2.45) is 0 Å². The van der Waals surface area contributed by atoms with Crippen LogP contribution in [-0.2, 0) is 26.0 Å². The summed E-state index contributed by atoms with van der Waals surface area (Å²) < 4.78 is 26.1. The summed E-state index contributed by atoms with van der Waals surface area (Å²) in [6, 6.07) is 11.3. The Hall–Kier alpha value is -2.00. The number of halogens is 3. The Morgan fingerprint density at radius 3 is 2.26 bits per heavy atom. The van der Waals surface area contributed by atoms with Crippen molar-refractivity contribution in [3.05, 3.63) is 63.1 Å². The maximum absolute atomic E-state index is 13.5. The first-order valence-corrected chi connectivity index (χ1v) is 14.2. The zero-order valence-electron chi connectivity index (χ0n) is 19.9. The Balaban J connectivity index is 2.34. The summed E-state index contributed by atoms with van der Waals surface area (Å²) in [5.74, 6) is -0.857. The highest BCUT2D eigenvalue weighted by atomic mass is 35.5. The van der Waals surface area contributed by atoms with Gasteiger partial charge in [0, 0.05) is 13.1 Å². The smallest absolute Gasteiger partial charge is 0.244 e. The van der Waals surface area contributed by atoms with Gasteiger partial charge in [-0.15, -0.1) is 0 Å². The first-order valence-electron chi connectivity index (χ1n) is 11.2. The molecule has 0 heterocycles. The number of carbonyl (C=O) groups is 2. The molecule has 0 fully saturated rings. The molecule has 0 aliphatic heterocycles. The Labute approximate surface area is 222 Å². The van der Waals surface area contributed by atoms with Crippen LogP contribution in [0.4, 0.5) is 5.69 Å². The minimum Gasteiger partial charge on any atom is -0.354 e. The van der Waals surface area contributed by atoms with Crippen molar-refractivity contribution in [1.29, 1.82) is 0 Å². The van der Waals surface area contributed by atoms with E-state index in [0.717, 1.165) is 29.0 Å². The molecule has 0 saturated carbocycles. The fraction of sp³-hybridized carbons (Fsp3) is 0.417. The van der Waals surface area contributed by atoms with Crippen molar-refractivity contribution < 1.29 is 18.0 Å². The molecule has 1 N–H and O–H groups in total. The molecule has 2 rings (SSSR count). The zero-order valence-corrected chi connectivity index (χ0v) is 23.0. The first-order chi connectivity index (χ1) is 16.5. The van der Waals surface area contributed by atoms with Crippen LogP contribution in [0.15, 0.2) is 42.5 Å². The SMILES string of the molecule is CCCCNC(=O)[C@H](C)N(CCc1ccccc1)C(=O)CN(c1cc(Cl)c(Cl)cc1Cl)S(C)(=O)=O. The molecule has 0 bridgehead atoms. The number of hydrogen-bond acceptors (Lipinski definition) is 4. The minimum atomic E-state index is -3.93. The van der Waals surface area contributed by atoms with E-state index in [1.54, 1.807) is 6.92 Å². The van der Waals surface area contributed by atoms with E-state index in [1.165, 1.54) is 17.0 Å². The standard InChI is InChI=1S/C24H30Cl3N3O4S/c1-4-5-12-28-24(32)17(2)29(13-11-18-9-7-6-8-10-18)23(31)16-30(35(3,33)34)22-15-20(26)19(25)14-21(22)27/h6-10,14-15,17H,4-5,11-13,16H2,1-3H3,(H,28,32)/t17-/m0/s1. The molecule has 1 atom stereocenters. The Morgan fingerprint density at radius 2 is 1.66 bits per heavy atom. The Bertz CT molecular complexity index is 1130. The first kappa shape index (κ1) is 29.2. The summed E-state index contributed by atoms with van der Waals surface area (Å²) in [7, 11) is -3.93. The second-order valence-electron chi connectivity index (χ2n) is 8.13. The van der Waals surface area contributed by atoms with Crippen molar-refractivity contribution in [3.63, 3.8) is 0 Å². The molecule has 35 heavy (non-hydrogen) atoms. The third-order valence-corrected chi connectivity index (χ3v) is 7.57. The van der Waals surface area contributed by atoms with Gasteiger partial charge in [-0.05, 0) is 37.5 Å². The van der Waals surface area contributed by atoms with Crippen molar-refractivity contribution in [3.8, 4) is 0 Å². The molecule has 7 nitrogen and oxygen atoms in total. The van der Waals surface area contributed by atoms with Crippen molar-refractivity contribution >= 4 is 62.3 Å². The van der Waals surface area contributed by atoms with E-state index >= 15 is 0 Å². The zero-order chi connectivity index (χ0) is 26.2. The van der Waals surface area contributed by atoms with E-state index in [4.69, 9.17) is 34.8 Å². The number of hydrogen-bond donors (Lipinski definition) is 1. The lowest BCUT2D eigenvalue weighted by atomic mass is 10.1. The van der Waals surface area contributed by atoms with E-state index in [9.17, 15) is 18.0 Å². The van der Waals surface area contributed by atoms with Crippen LogP contribution in [0.1, 0.15) is 32.3 Å². The van der Waals surface area contributed by atoms with Gasteiger partial charge in [0.05, 0.1) is 27.0 Å². The van der Waals surface area contributed by atoms with Gasteiger partial charge in [-0.1, -0.05) is 78.5 Å². The molecule has 0 saturated heterocycles. The molecular weight excluding hydrogens is 533 g/mol. The topological polar surface area (TPSA) is 86.8 Å². The summed E-state index contributed by atoms with van der Waals surface area (Å²) >= 11 is 18.3. The number of sulfonamides is 1. The number of rotatable bonds is 12. The van der Waals surface area contributed by atoms with E-state index in [-0.39, 0.29) is 33.2 Å². The average molecular weight is 563 g/mol. The van der Waals surface area contributed by atoms with Gasteiger partial charge in [0.15, 0.2) is 0 Å². The number of benzene rings is 2. The molecule has 0 aliphatic rings. The van der Waals surface area contributed by atoms with Crippen molar-refractivity contribution in [1.82, 2.24) is 10.2 Å². The largest absolute Gasteiger partial charge is 0.354 e. The summed E-state index contributed by atoms with van der Waals surface area (Å²) in [6.45, 7) is 3.80. The summed E-state index contributed by atoms with van der Waals surface area (Å²) in [6.07, 6.45) is 3.19. The number of anilines is 1.